The van der Waals surface area contributed by atoms with E-state index in [1.165, 1.54) is 0 Å². The Bertz CT molecular complexity index is 490. The predicted molar refractivity (Wildman–Crippen MR) is 74.7 cm³/mol. The van der Waals surface area contributed by atoms with Crippen molar-refractivity contribution in [1.82, 2.24) is 0 Å². The van der Waals surface area contributed by atoms with Crippen LogP contribution in [0.15, 0.2) is 18.2 Å². The molecule has 0 spiro atoms. The molecule has 2 nitrogen and oxygen atoms in total. The van der Waals surface area contributed by atoms with Crippen molar-refractivity contribution >= 4 is 25.6 Å². The van der Waals surface area contributed by atoms with Crippen molar-refractivity contribution in [2.75, 3.05) is 0 Å². The molecule has 0 atom stereocenters. The predicted octanol–water partition coefficient (Wildman–Crippen LogP) is 2.43. The van der Waals surface area contributed by atoms with E-state index in [0.29, 0.717) is 11.1 Å². The molecule has 0 aliphatic heterocycles. The van der Waals surface area contributed by atoms with Gasteiger partial charge < -0.3 is 13.9 Å². The number of hydrogen-bond donors (Lipinski definition) is 1. The molecule has 102 valence electrons. The first-order valence-corrected chi connectivity index (χ1v) is 7.62. The Morgan fingerprint density at radius 2 is 1.63 bits per heavy atom. The molecule has 4 radical (unpaired) electrons. The van der Waals surface area contributed by atoms with Crippen molar-refractivity contribution in [1.29, 1.82) is 0 Å². The van der Waals surface area contributed by atoms with Crippen LogP contribution in [0, 0.1) is 0 Å². The average molecular weight is 297 g/mol. The number of nitrogens with two attached hydrogens (primary N) is 1. The smallest absolute Gasteiger partial charge is 0.305 e. The third-order valence-electron chi connectivity index (χ3n) is 3.10. The molecule has 0 aromatic heterocycles. The number of benzene rings is 1. The van der Waals surface area contributed by atoms with Gasteiger partial charge in [-0.1, -0.05) is 39.8 Å². The molecule has 2 N–H and O–H groups in total. The Morgan fingerprint density at radius 3 is 2.05 bits per heavy atom. The van der Waals surface area contributed by atoms with Crippen LogP contribution < -0.4 is 5.73 Å². The summed E-state index contributed by atoms with van der Waals surface area (Å²) in [5.41, 5.74) is 6.83. The van der Waals surface area contributed by atoms with Gasteiger partial charge in [0, 0.05) is 15.6 Å². The van der Waals surface area contributed by atoms with E-state index >= 15 is 0 Å². The molecule has 19 heavy (non-hydrogen) atoms. The lowest BCUT2D eigenvalue weighted by Crippen LogP contribution is -2.34. The van der Waals surface area contributed by atoms with E-state index in [1.54, 1.807) is 45.9 Å². The van der Waals surface area contributed by atoms with Gasteiger partial charge in [-0.3, -0.25) is 4.79 Å². The van der Waals surface area contributed by atoms with Crippen molar-refractivity contribution < 1.29 is 13.0 Å². The summed E-state index contributed by atoms with van der Waals surface area (Å²) in [5.74, 6) is -0.610. The fourth-order valence-electron chi connectivity index (χ4n) is 2.05. The third-order valence-corrected chi connectivity index (χ3v) is 4.56. The third kappa shape index (κ3) is 3.12. The topological polar surface area (TPSA) is 43.1 Å². The Hall–Kier alpha value is -1.02. The normalized spacial score (nSPS) is 12.5. The van der Waals surface area contributed by atoms with E-state index in [4.69, 9.17) is 5.73 Å². The molecule has 1 rings (SSSR count). The number of rotatable bonds is 5. The molecule has 0 aliphatic rings. The molecule has 1 amide bonds. The molecule has 0 bridgehead atoms. The van der Waals surface area contributed by atoms with Crippen molar-refractivity contribution in [3.63, 3.8) is 0 Å². The minimum atomic E-state index is -0.899. The molecule has 6 heteroatoms. The fraction of sp³-hybridized carbons (Fsp3) is 0.462. The summed E-state index contributed by atoms with van der Waals surface area (Å²) in [6.45, 7) is 6.89. The van der Waals surface area contributed by atoms with Crippen LogP contribution in [0.4, 0.5) is 8.22 Å². The second-order valence-electron chi connectivity index (χ2n) is 5.53. The zero-order valence-electron chi connectivity index (χ0n) is 11.5. The van der Waals surface area contributed by atoms with Gasteiger partial charge in [0.2, 0.25) is 5.91 Å². The first-order valence-electron chi connectivity index (χ1n) is 5.86. The lowest BCUT2D eigenvalue weighted by molar-refractivity contribution is 0.0998. The van der Waals surface area contributed by atoms with Crippen molar-refractivity contribution in [3.05, 3.63) is 34.9 Å². The van der Waals surface area contributed by atoms with E-state index in [1.807, 2.05) is 0 Å². The number of carbonyl (C=O) groups is 1. The molecule has 0 heterocycles. The van der Waals surface area contributed by atoms with Crippen LogP contribution in [0.3, 0.4) is 0 Å². The quantitative estimate of drug-likeness (QED) is 0.658. The second-order valence-corrected chi connectivity index (χ2v) is 8.41. The van der Waals surface area contributed by atoms with Crippen LogP contribution in [0.1, 0.15) is 49.2 Å². The van der Waals surface area contributed by atoms with E-state index in [0.717, 1.165) is 0 Å². The van der Waals surface area contributed by atoms with E-state index in [2.05, 4.69) is 0 Å². The molecule has 1 aromatic carbocycles. The maximum absolute atomic E-state index is 13.4. The maximum atomic E-state index is 13.4. The summed E-state index contributed by atoms with van der Waals surface area (Å²) in [5, 5.41) is -1.60. The highest BCUT2D eigenvalue weighted by Gasteiger charge is 2.35. The van der Waals surface area contributed by atoms with Gasteiger partial charge in [-0.2, -0.15) is 0 Å². The summed E-state index contributed by atoms with van der Waals surface area (Å²) in [7, 11) is -1.74. The number of halogens is 2. The van der Waals surface area contributed by atoms with Gasteiger partial charge in [-0.05, 0) is 17.2 Å². The van der Waals surface area contributed by atoms with Gasteiger partial charge in [0.25, 0.3) is 0 Å². The number of hydrogen-bond acceptors (Lipinski definition) is 1. The maximum Gasteiger partial charge on any atom is 0.305 e. The monoisotopic (exact) mass is 297 g/mol. The first-order chi connectivity index (χ1) is 8.67. The number of amides is 1. The van der Waals surface area contributed by atoms with Gasteiger partial charge >= 0.3 is 19.7 Å². The molecule has 0 unspecified atom stereocenters. The summed E-state index contributed by atoms with van der Waals surface area (Å²) < 4.78 is 26.6. The van der Waals surface area contributed by atoms with E-state index in [9.17, 15) is 13.0 Å². The van der Waals surface area contributed by atoms with Crippen molar-refractivity contribution in [2.45, 2.75) is 37.8 Å². The van der Waals surface area contributed by atoms with Crippen LogP contribution in [-0.2, 0) is 10.1 Å². The average Bonchev–Trinajstić information content (AvgIpc) is 2.37. The van der Waals surface area contributed by atoms with Gasteiger partial charge in [0.05, 0.1) is 0 Å². The first kappa shape index (κ1) is 16.0. The molecule has 0 aliphatic carbocycles. The van der Waals surface area contributed by atoms with Gasteiger partial charge in [-0.15, -0.1) is 0 Å². The Morgan fingerprint density at radius 1 is 1.11 bits per heavy atom. The Labute approximate surface area is 117 Å². The largest absolute Gasteiger partial charge is 0.366 e. The molecular formula is C13H17F2NOSi2. The molecule has 0 saturated carbocycles. The standard InChI is InChI=1S/C13H17F2NOSi2/c1-12(2,18-14)9-7-5-6-8(11(16)17)10(9)13(3,4)19-15/h5-7H,1-4H3,(H2,16,17). The van der Waals surface area contributed by atoms with Crippen LogP contribution in [0.25, 0.3) is 0 Å². The Kier molecular flexibility index (Phi) is 4.68. The van der Waals surface area contributed by atoms with Crippen LogP contribution in [-0.4, -0.2) is 25.6 Å². The zero-order valence-corrected chi connectivity index (χ0v) is 13.5. The minimum absolute atomic E-state index is 0.277. The Balaban J connectivity index is 3.66. The molecular weight excluding hydrogens is 280 g/mol. The van der Waals surface area contributed by atoms with Gasteiger partial charge in [0.15, 0.2) is 0 Å². The van der Waals surface area contributed by atoms with Crippen LogP contribution in [0.5, 0.6) is 0 Å². The van der Waals surface area contributed by atoms with Crippen LogP contribution >= 0.6 is 0 Å². The van der Waals surface area contributed by atoms with Gasteiger partial charge in [0.1, 0.15) is 0 Å². The zero-order chi connectivity index (χ0) is 14.8. The minimum Gasteiger partial charge on any atom is -0.366 e. The highest BCUT2D eigenvalue weighted by Crippen LogP contribution is 2.35. The summed E-state index contributed by atoms with van der Waals surface area (Å²) >= 11 is 0. The molecule has 0 fully saturated rings. The van der Waals surface area contributed by atoms with Crippen molar-refractivity contribution in [2.24, 2.45) is 5.73 Å². The van der Waals surface area contributed by atoms with E-state index < -0.39 is 35.7 Å². The fourth-order valence-corrected chi connectivity index (χ4v) is 2.72. The molecule has 1 aromatic rings. The van der Waals surface area contributed by atoms with E-state index in [-0.39, 0.29) is 5.56 Å². The SMILES string of the molecule is CC(C)([Si]F)c1cccc(C(N)=O)c1C(C)(C)[Si]F. The van der Waals surface area contributed by atoms with Crippen LogP contribution in [0.2, 0.25) is 0 Å². The second kappa shape index (κ2) is 5.54. The summed E-state index contributed by atoms with van der Waals surface area (Å²) in [6, 6.07) is 4.98. The highest BCUT2D eigenvalue weighted by molar-refractivity contribution is 6.33. The highest BCUT2D eigenvalue weighted by atomic mass is 28.3. The number of primary amides is 1. The number of carbonyl (C=O) groups excluding carboxylic acids is 1. The summed E-state index contributed by atoms with van der Waals surface area (Å²) in [4.78, 5) is 11.6. The van der Waals surface area contributed by atoms with Gasteiger partial charge in [-0.25, -0.2) is 0 Å². The molecule has 0 saturated heterocycles. The summed E-state index contributed by atoms with van der Waals surface area (Å²) in [6.07, 6.45) is 0. The van der Waals surface area contributed by atoms with Crippen molar-refractivity contribution in [3.8, 4) is 0 Å². The lowest BCUT2D eigenvalue weighted by atomic mass is 9.85. The lowest BCUT2D eigenvalue weighted by Gasteiger charge is -2.31.